The van der Waals surface area contributed by atoms with Gasteiger partial charge in [0.05, 0.1) is 19.8 Å². The van der Waals surface area contributed by atoms with Crippen LogP contribution in [0, 0.1) is 0 Å². The first-order chi connectivity index (χ1) is 13.8. The van der Waals surface area contributed by atoms with E-state index in [9.17, 15) is 13.2 Å². The number of ether oxygens (including phenoxy) is 2. The number of hydrogen-bond acceptors (Lipinski definition) is 4. The summed E-state index contributed by atoms with van der Waals surface area (Å²) in [4.78, 5) is 6.66. The van der Waals surface area contributed by atoms with Gasteiger partial charge in [-0.3, -0.25) is 9.89 Å². The molecule has 0 aliphatic carbocycles. The maximum atomic E-state index is 12.1. The van der Waals surface area contributed by atoms with Gasteiger partial charge in [-0.2, -0.15) is 13.2 Å². The van der Waals surface area contributed by atoms with Crippen LogP contribution in [0.3, 0.4) is 0 Å². The molecule has 1 heterocycles. The Hall–Kier alpha value is -1.84. The molecular formula is C20H31F3N4O2. The number of aliphatic imine (C=N–C) groups is 1. The van der Waals surface area contributed by atoms with Crippen molar-refractivity contribution in [2.75, 3.05) is 40.0 Å². The molecule has 0 amide bonds. The zero-order valence-electron chi connectivity index (χ0n) is 17.3. The number of benzene rings is 1. The molecule has 1 aliphatic heterocycles. The SMILES string of the molecule is CN=C(NCc1ccc(COCC(F)(F)F)cc1)NCC(C)N1CCOCC1C. The molecule has 0 spiro atoms. The Morgan fingerprint density at radius 3 is 2.59 bits per heavy atom. The second kappa shape index (κ2) is 11.4. The molecule has 1 aromatic rings. The molecule has 164 valence electrons. The fraction of sp³-hybridized carbons (Fsp3) is 0.650. The van der Waals surface area contributed by atoms with Crippen LogP contribution in [0.1, 0.15) is 25.0 Å². The molecule has 1 aliphatic rings. The Bertz CT molecular complexity index is 638. The van der Waals surface area contributed by atoms with Gasteiger partial charge in [0.2, 0.25) is 0 Å². The Labute approximate surface area is 170 Å². The van der Waals surface area contributed by atoms with E-state index in [-0.39, 0.29) is 6.61 Å². The van der Waals surface area contributed by atoms with Gasteiger partial charge in [-0.15, -0.1) is 0 Å². The molecule has 0 bridgehead atoms. The lowest BCUT2D eigenvalue weighted by atomic mass is 10.1. The van der Waals surface area contributed by atoms with Crippen LogP contribution >= 0.6 is 0 Å². The summed E-state index contributed by atoms with van der Waals surface area (Å²) in [5, 5.41) is 6.59. The smallest absolute Gasteiger partial charge is 0.379 e. The monoisotopic (exact) mass is 416 g/mol. The number of halogens is 3. The summed E-state index contributed by atoms with van der Waals surface area (Å²) in [5.74, 6) is 0.704. The largest absolute Gasteiger partial charge is 0.411 e. The summed E-state index contributed by atoms with van der Waals surface area (Å²) >= 11 is 0. The fourth-order valence-electron chi connectivity index (χ4n) is 3.20. The molecule has 0 aromatic heterocycles. The van der Waals surface area contributed by atoms with Crippen LogP contribution in [-0.4, -0.2) is 69.1 Å². The molecule has 1 fully saturated rings. The van der Waals surface area contributed by atoms with Crippen LogP contribution in [0.25, 0.3) is 0 Å². The molecule has 6 nitrogen and oxygen atoms in total. The molecule has 0 saturated carbocycles. The van der Waals surface area contributed by atoms with E-state index in [0.29, 0.717) is 30.2 Å². The third kappa shape index (κ3) is 8.59. The summed E-state index contributed by atoms with van der Waals surface area (Å²) in [6, 6.07) is 8.02. The van der Waals surface area contributed by atoms with E-state index in [1.807, 2.05) is 12.1 Å². The van der Waals surface area contributed by atoms with Crippen LogP contribution in [0.5, 0.6) is 0 Å². The molecule has 2 N–H and O–H groups in total. The van der Waals surface area contributed by atoms with E-state index in [1.54, 1.807) is 19.2 Å². The van der Waals surface area contributed by atoms with Gasteiger partial charge in [0, 0.05) is 38.8 Å². The highest BCUT2D eigenvalue weighted by Crippen LogP contribution is 2.16. The highest BCUT2D eigenvalue weighted by atomic mass is 19.4. The summed E-state index contributed by atoms with van der Waals surface area (Å²) in [5.41, 5.74) is 1.70. The van der Waals surface area contributed by atoms with Crippen molar-refractivity contribution in [3.8, 4) is 0 Å². The van der Waals surface area contributed by atoms with Gasteiger partial charge in [0.15, 0.2) is 5.96 Å². The Kier molecular flexibility index (Phi) is 9.19. The van der Waals surface area contributed by atoms with Gasteiger partial charge in [-0.05, 0) is 25.0 Å². The zero-order chi connectivity index (χ0) is 21.3. The number of morpholine rings is 1. The normalized spacial score (nSPS) is 19.8. The number of nitrogens with zero attached hydrogens (tertiary/aromatic N) is 2. The highest BCUT2D eigenvalue weighted by Gasteiger charge is 2.27. The third-order valence-corrected chi connectivity index (χ3v) is 4.79. The molecule has 1 saturated heterocycles. The second-order valence-corrected chi connectivity index (χ2v) is 7.24. The number of hydrogen-bond donors (Lipinski definition) is 2. The van der Waals surface area contributed by atoms with Crippen LogP contribution in [0.15, 0.2) is 29.3 Å². The van der Waals surface area contributed by atoms with Gasteiger partial charge >= 0.3 is 6.18 Å². The van der Waals surface area contributed by atoms with Crippen LogP contribution < -0.4 is 10.6 Å². The van der Waals surface area contributed by atoms with Crippen LogP contribution in [0.4, 0.5) is 13.2 Å². The van der Waals surface area contributed by atoms with Crippen molar-refractivity contribution in [1.82, 2.24) is 15.5 Å². The fourth-order valence-corrected chi connectivity index (χ4v) is 3.20. The first kappa shape index (κ1) is 23.4. The number of guanidine groups is 1. The first-order valence-electron chi connectivity index (χ1n) is 9.79. The van der Waals surface area contributed by atoms with Crippen molar-refractivity contribution in [2.24, 2.45) is 4.99 Å². The van der Waals surface area contributed by atoms with Crippen molar-refractivity contribution >= 4 is 5.96 Å². The van der Waals surface area contributed by atoms with Gasteiger partial charge in [-0.1, -0.05) is 24.3 Å². The van der Waals surface area contributed by atoms with Gasteiger partial charge < -0.3 is 20.1 Å². The van der Waals surface area contributed by atoms with E-state index in [2.05, 4.69) is 39.1 Å². The van der Waals surface area contributed by atoms with E-state index in [0.717, 1.165) is 31.9 Å². The topological polar surface area (TPSA) is 58.1 Å². The number of alkyl halides is 3. The summed E-state index contributed by atoms with van der Waals surface area (Å²) < 4.78 is 46.5. The van der Waals surface area contributed by atoms with Gasteiger partial charge in [-0.25, -0.2) is 0 Å². The van der Waals surface area contributed by atoms with E-state index in [1.165, 1.54) is 0 Å². The van der Waals surface area contributed by atoms with E-state index < -0.39 is 12.8 Å². The van der Waals surface area contributed by atoms with E-state index >= 15 is 0 Å². The van der Waals surface area contributed by atoms with Crippen molar-refractivity contribution in [1.29, 1.82) is 0 Å². The second-order valence-electron chi connectivity index (χ2n) is 7.24. The lowest BCUT2D eigenvalue weighted by Gasteiger charge is -2.38. The average molecular weight is 416 g/mol. The maximum Gasteiger partial charge on any atom is 0.411 e. The van der Waals surface area contributed by atoms with Crippen molar-refractivity contribution in [2.45, 2.75) is 45.3 Å². The molecule has 2 atom stereocenters. The minimum Gasteiger partial charge on any atom is -0.379 e. The van der Waals surface area contributed by atoms with E-state index in [4.69, 9.17) is 4.74 Å². The lowest BCUT2D eigenvalue weighted by Crippen LogP contribution is -2.52. The zero-order valence-corrected chi connectivity index (χ0v) is 17.3. The summed E-state index contributed by atoms with van der Waals surface area (Å²) in [6.07, 6.45) is -4.30. The molecule has 0 radical (unpaired) electrons. The summed E-state index contributed by atoms with van der Waals surface area (Å²) in [6.45, 7) is 6.82. The Balaban J connectivity index is 1.73. The first-order valence-corrected chi connectivity index (χ1v) is 9.79. The standard InChI is InChI=1S/C20H31F3N4O2/c1-15(27-8-9-28-12-16(27)2)10-25-19(24-3)26-11-17-4-6-18(7-5-17)13-29-14-20(21,22)23/h4-7,15-16H,8-14H2,1-3H3,(H2,24,25,26). The minimum atomic E-state index is -4.30. The Morgan fingerprint density at radius 1 is 1.28 bits per heavy atom. The van der Waals surface area contributed by atoms with Crippen LogP contribution in [-0.2, 0) is 22.6 Å². The van der Waals surface area contributed by atoms with Crippen molar-refractivity contribution in [3.63, 3.8) is 0 Å². The average Bonchev–Trinajstić information content (AvgIpc) is 2.68. The molecular weight excluding hydrogens is 385 g/mol. The number of rotatable bonds is 8. The van der Waals surface area contributed by atoms with Crippen LogP contribution in [0.2, 0.25) is 0 Å². The molecule has 1 aromatic carbocycles. The molecule has 2 unspecified atom stereocenters. The van der Waals surface area contributed by atoms with Gasteiger partial charge in [0.25, 0.3) is 0 Å². The molecule has 9 heteroatoms. The maximum absolute atomic E-state index is 12.1. The molecule has 29 heavy (non-hydrogen) atoms. The lowest BCUT2D eigenvalue weighted by molar-refractivity contribution is -0.176. The summed E-state index contributed by atoms with van der Waals surface area (Å²) in [7, 11) is 1.72. The predicted octanol–water partition coefficient (Wildman–Crippen LogP) is 2.54. The highest BCUT2D eigenvalue weighted by molar-refractivity contribution is 5.79. The minimum absolute atomic E-state index is 0.0612. The number of nitrogens with one attached hydrogen (secondary N) is 2. The van der Waals surface area contributed by atoms with Crippen molar-refractivity contribution < 1.29 is 22.6 Å². The Morgan fingerprint density at radius 2 is 1.97 bits per heavy atom. The predicted molar refractivity (Wildman–Crippen MR) is 107 cm³/mol. The molecule has 2 rings (SSSR count). The third-order valence-electron chi connectivity index (χ3n) is 4.79. The van der Waals surface area contributed by atoms with Crippen molar-refractivity contribution in [3.05, 3.63) is 35.4 Å². The quantitative estimate of drug-likeness (QED) is 0.504. The van der Waals surface area contributed by atoms with Gasteiger partial charge in [0.1, 0.15) is 6.61 Å².